The summed E-state index contributed by atoms with van der Waals surface area (Å²) in [4.78, 5) is 11.6. The molecule has 1 aliphatic rings. The Labute approximate surface area is 182 Å². The van der Waals surface area contributed by atoms with Crippen LogP contribution in [-0.4, -0.2) is 43.7 Å². The Morgan fingerprint density at radius 1 is 1.30 bits per heavy atom. The van der Waals surface area contributed by atoms with Gasteiger partial charge in [0, 0.05) is 25.5 Å². The molecule has 0 aromatic carbocycles. The minimum Gasteiger partial charge on any atom is -0.353 e. The molecule has 0 radical (unpaired) electrons. The van der Waals surface area contributed by atoms with Gasteiger partial charge in [-0.25, -0.2) is 9.98 Å². The molecule has 0 bridgehead atoms. The molecule has 0 aliphatic heterocycles. The van der Waals surface area contributed by atoms with Gasteiger partial charge in [-0.3, -0.25) is 0 Å². The maximum absolute atomic E-state index is 4.85. The first kappa shape index (κ1) is 22.1. The Balaban J connectivity index is 0.00000261. The van der Waals surface area contributed by atoms with Gasteiger partial charge in [-0.2, -0.15) is 0 Å². The van der Waals surface area contributed by atoms with E-state index in [1.165, 1.54) is 32.1 Å². The van der Waals surface area contributed by atoms with E-state index in [0.29, 0.717) is 12.6 Å². The summed E-state index contributed by atoms with van der Waals surface area (Å²) in [5.74, 6) is 2.70. The van der Waals surface area contributed by atoms with Crippen LogP contribution < -0.4 is 5.32 Å². The summed E-state index contributed by atoms with van der Waals surface area (Å²) < 4.78 is 1.99. The molecule has 7 nitrogen and oxygen atoms in total. The van der Waals surface area contributed by atoms with Crippen molar-refractivity contribution in [2.45, 2.75) is 65.1 Å². The molecule has 0 spiro atoms. The number of guanidine groups is 1. The number of aromatic nitrogens is 4. The molecule has 2 aromatic rings. The summed E-state index contributed by atoms with van der Waals surface area (Å²) in [7, 11) is 4.06. The van der Waals surface area contributed by atoms with E-state index in [0.717, 1.165) is 34.9 Å². The predicted molar refractivity (Wildman–Crippen MR) is 121 cm³/mol. The van der Waals surface area contributed by atoms with E-state index in [9.17, 15) is 0 Å². The predicted octanol–water partition coefficient (Wildman–Crippen LogP) is 3.42. The van der Waals surface area contributed by atoms with Crippen LogP contribution >= 0.6 is 35.3 Å². The third-order valence-electron chi connectivity index (χ3n) is 4.92. The first-order chi connectivity index (χ1) is 12.5. The SMILES string of the molecule is Cc1nc(CN(C)C(=NCc2nnc(C)n2C)NC2CCCCC2)cs1.I. The van der Waals surface area contributed by atoms with E-state index in [-0.39, 0.29) is 24.0 Å². The van der Waals surface area contributed by atoms with E-state index in [4.69, 9.17) is 4.99 Å². The summed E-state index contributed by atoms with van der Waals surface area (Å²) in [5.41, 5.74) is 1.09. The minimum absolute atomic E-state index is 0. The van der Waals surface area contributed by atoms with Crippen LogP contribution in [0.15, 0.2) is 10.4 Å². The van der Waals surface area contributed by atoms with Gasteiger partial charge in [0.25, 0.3) is 0 Å². The molecule has 9 heteroatoms. The zero-order valence-electron chi connectivity index (χ0n) is 16.6. The van der Waals surface area contributed by atoms with Crippen LogP contribution in [0.1, 0.15) is 54.5 Å². The van der Waals surface area contributed by atoms with Crippen molar-refractivity contribution in [3.05, 3.63) is 27.7 Å². The lowest BCUT2D eigenvalue weighted by Gasteiger charge is -2.29. The molecule has 27 heavy (non-hydrogen) atoms. The smallest absolute Gasteiger partial charge is 0.194 e. The van der Waals surface area contributed by atoms with Crippen LogP contribution in [0, 0.1) is 13.8 Å². The van der Waals surface area contributed by atoms with Crippen molar-refractivity contribution in [2.24, 2.45) is 12.0 Å². The van der Waals surface area contributed by atoms with Crippen LogP contribution in [0.2, 0.25) is 0 Å². The molecule has 0 saturated heterocycles. The van der Waals surface area contributed by atoms with Crippen LogP contribution in [0.5, 0.6) is 0 Å². The Kier molecular flexibility index (Phi) is 8.46. The van der Waals surface area contributed by atoms with Gasteiger partial charge >= 0.3 is 0 Å². The summed E-state index contributed by atoms with van der Waals surface area (Å²) in [6.07, 6.45) is 6.36. The number of halogens is 1. The molecule has 0 unspecified atom stereocenters. The van der Waals surface area contributed by atoms with Crippen molar-refractivity contribution >= 4 is 41.3 Å². The van der Waals surface area contributed by atoms with Crippen LogP contribution in [0.3, 0.4) is 0 Å². The van der Waals surface area contributed by atoms with Crippen molar-refractivity contribution in [1.29, 1.82) is 0 Å². The van der Waals surface area contributed by atoms with Gasteiger partial charge in [-0.15, -0.1) is 45.5 Å². The summed E-state index contributed by atoms with van der Waals surface area (Å²) in [5, 5.41) is 15.2. The van der Waals surface area contributed by atoms with Gasteiger partial charge in [-0.1, -0.05) is 19.3 Å². The zero-order chi connectivity index (χ0) is 18.5. The number of nitrogens with zero attached hydrogens (tertiary/aromatic N) is 6. The molecule has 1 saturated carbocycles. The van der Waals surface area contributed by atoms with Crippen LogP contribution in [0.4, 0.5) is 0 Å². The van der Waals surface area contributed by atoms with Crippen molar-refractivity contribution in [1.82, 2.24) is 30.0 Å². The molecule has 2 heterocycles. The highest BCUT2D eigenvalue weighted by molar-refractivity contribution is 14.0. The number of rotatable bonds is 5. The Morgan fingerprint density at radius 3 is 2.63 bits per heavy atom. The third kappa shape index (κ3) is 6.13. The maximum atomic E-state index is 4.85. The summed E-state index contributed by atoms with van der Waals surface area (Å²) in [6.45, 7) is 5.27. The molecule has 1 fully saturated rings. The topological polar surface area (TPSA) is 71.2 Å². The van der Waals surface area contributed by atoms with Gasteiger partial charge in [0.2, 0.25) is 0 Å². The van der Waals surface area contributed by atoms with Crippen LogP contribution in [0.25, 0.3) is 0 Å². The first-order valence-corrected chi connectivity index (χ1v) is 10.2. The van der Waals surface area contributed by atoms with Crippen molar-refractivity contribution in [3.63, 3.8) is 0 Å². The largest absolute Gasteiger partial charge is 0.353 e. The van der Waals surface area contributed by atoms with E-state index < -0.39 is 0 Å². The van der Waals surface area contributed by atoms with E-state index in [2.05, 4.69) is 37.8 Å². The first-order valence-electron chi connectivity index (χ1n) is 9.31. The van der Waals surface area contributed by atoms with Crippen LogP contribution in [-0.2, 0) is 20.1 Å². The van der Waals surface area contributed by atoms with Gasteiger partial charge < -0.3 is 14.8 Å². The number of aliphatic imine (C=N–C) groups is 1. The molecule has 2 aromatic heterocycles. The van der Waals surface area contributed by atoms with E-state index in [1.807, 2.05) is 25.5 Å². The Bertz CT molecular complexity index is 749. The van der Waals surface area contributed by atoms with Crippen molar-refractivity contribution in [3.8, 4) is 0 Å². The van der Waals surface area contributed by atoms with Gasteiger partial charge in [0.05, 0.1) is 17.2 Å². The summed E-state index contributed by atoms with van der Waals surface area (Å²) in [6, 6.07) is 0.503. The maximum Gasteiger partial charge on any atom is 0.194 e. The van der Waals surface area contributed by atoms with E-state index in [1.54, 1.807) is 11.3 Å². The quantitative estimate of drug-likeness (QED) is 0.385. The van der Waals surface area contributed by atoms with E-state index >= 15 is 0 Å². The van der Waals surface area contributed by atoms with Gasteiger partial charge in [0.1, 0.15) is 12.4 Å². The fourth-order valence-corrected chi connectivity index (χ4v) is 3.84. The fraction of sp³-hybridized carbons (Fsp3) is 0.667. The highest BCUT2D eigenvalue weighted by atomic mass is 127. The lowest BCUT2D eigenvalue weighted by molar-refractivity contribution is 0.385. The minimum atomic E-state index is 0. The number of aryl methyl sites for hydroxylation is 2. The zero-order valence-corrected chi connectivity index (χ0v) is 19.8. The summed E-state index contributed by atoms with van der Waals surface area (Å²) >= 11 is 1.69. The van der Waals surface area contributed by atoms with Crippen molar-refractivity contribution < 1.29 is 0 Å². The lowest BCUT2D eigenvalue weighted by atomic mass is 9.96. The molecule has 150 valence electrons. The molecular weight excluding hydrogens is 473 g/mol. The average molecular weight is 503 g/mol. The molecule has 0 atom stereocenters. The standard InChI is InChI=1S/C18H29N7S.HI/c1-13-22-23-17(25(13)4)10-19-18(21-15-8-6-5-7-9-15)24(3)11-16-12-26-14(2)20-16;/h12,15H,5-11H2,1-4H3,(H,19,21);1H. The fourth-order valence-electron chi connectivity index (χ4n) is 3.24. The number of thiazole rings is 1. The normalized spacial score (nSPS) is 15.5. The second-order valence-corrected chi connectivity index (χ2v) is 8.12. The lowest BCUT2D eigenvalue weighted by Crippen LogP contribution is -2.45. The second-order valence-electron chi connectivity index (χ2n) is 7.06. The number of hydrogen-bond acceptors (Lipinski definition) is 5. The van der Waals surface area contributed by atoms with Gasteiger partial charge in [0.15, 0.2) is 11.8 Å². The molecule has 0 amide bonds. The molecule has 1 aliphatic carbocycles. The second kappa shape index (κ2) is 10.4. The Hall–Kier alpha value is -1.23. The third-order valence-corrected chi connectivity index (χ3v) is 5.74. The average Bonchev–Trinajstić information content (AvgIpc) is 3.18. The van der Waals surface area contributed by atoms with Crippen molar-refractivity contribution in [2.75, 3.05) is 7.05 Å². The highest BCUT2D eigenvalue weighted by Crippen LogP contribution is 2.18. The van der Waals surface area contributed by atoms with Gasteiger partial charge in [-0.05, 0) is 26.7 Å². The number of nitrogens with one attached hydrogen (secondary N) is 1. The molecule has 1 N–H and O–H groups in total. The number of hydrogen-bond donors (Lipinski definition) is 1. The Morgan fingerprint density at radius 2 is 2.04 bits per heavy atom. The highest BCUT2D eigenvalue weighted by Gasteiger charge is 2.18. The molecular formula is C18H30IN7S. The monoisotopic (exact) mass is 503 g/mol. The molecule has 3 rings (SSSR count).